The van der Waals surface area contributed by atoms with Gasteiger partial charge in [0.2, 0.25) is 0 Å². The summed E-state index contributed by atoms with van der Waals surface area (Å²) in [5, 5.41) is 15.2. The molecule has 0 aliphatic heterocycles. The molecule has 2 rings (SSSR count). The molecule has 0 heterocycles. The first kappa shape index (κ1) is 21.3. The van der Waals surface area contributed by atoms with Crippen LogP contribution in [0.1, 0.15) is 22.8 Å². The van der Waals surface area contributed by atoms with Crippen molar-refractivity contribution in [1.29, 1.82) is 5.26 Å². The van der Waals surface area contributed by atoms with Crippen LogP contribution in [-0.2, 0) is 16.1 Å². The van der Waals surface area contributed by atoms with Crippen molar-refractivity contribution in [3.05, 3.63) is 75.4 Å². The zero-order valence-corrected chi connectivity index (χ0v) is 16.5. The summed E-state index contributed by atoms with van der Waals surface area (Å²) in [7, 11) is 0. The molecule has 0 aliphatic carbocycles. The van der Waals surface area contributed by atoms with Crippen molar-refractivity contribution in [3.8, 4) is 6.07 Å². The molecular formula is C20H17Cl2N3O3. The van der Waals surface area contributed by atoms with Gasteiger partial charge in [-0.05, 0) is 36.8 Å². The number of nitrogens with one attached hydrogen (secondary N) is 2. The second kappa shape index (κ2) is 10.4. The second-order valence-corrected chi connectivity index (χ2v) is 6.31. The van der Waals surface area contributed by atoms with E-state index < -0.39 is 5.91 Å². The molecule has 0 radical (unpaired) electrons. The Balaban J connectivity index is 1.97. The number of ether oxygens (including phenoxy) is 1. The second-order valence-electron chi connectivity index (χ2n) is 5.52. The average Bonchev–Trinajstić information content (AvgIpc) is 2.69. The first-order valence-electron chi connectivity index (χ1n) is 8.31. The van der Waals surface area contributed by atoms with Gasteiger partial charge in [0, 0.05) is 12.7 Å². The summed E-state index contributed by atoms with van der Waals surface area (Å²) in [6.45, 7) is 2.41. The lowest BCUT2D eigenvalue weighted by Crippen LogP contribution is -2.17. The molecule has 0 atom stereocenters. The van der Waals surface area contributed by atoms with Gasteiger partial charge < -0.3 is 15.4 Å². The highest BCUT2D eigenvalue weighted by atomic mass is 35.5. The monoisotopic (exact) mass is 417 g/mol. The van der Waals surface area contributed by atoms with E-state index in [1.54, 1.807) is 49.4 Å². The van der Waals surface area contributed by atoms with Gasteiger partial charge in [0.15, 0.2) is 0 Å². The maximum absolute atomic E-state index is 12.2. The molecule has 0 fully saturated rings. The maximum Gasteiger partial charge on any atom is 0.338 e. The van der Waals surface area contributed by atoms with Gasteiger partial charge in [0.25, 0.3) is 5.91 Å². The number of rotatable bonds is 7. The van der Waals surface area contributed by atoms with Crippen LogP contribution in [0.5, 0.6) is 0 Å². The molecular weight excluding hydrogens is 401 g/mol. The molecule has 144 valence electrons. The largest absolute Gasteiger partial charge is 0.462 e. The summed E-state index contributed by atoms with van der Waals surface area (Å²) in [5.74, 6) is -0.998. The molecule has 28 heavy (non-hydrogen) atoms. The third-order valence-electron chi connectivity index (χ3n) is 3.58. The van der Waals surface area contributed by atoms with Crippen molar-refractivity contribution in [2.45, 2.75) is 13.5 Å². The summed E-state index contributed by atoms with van der Waals surface area (Å²) in [6.07, 6.45) is 1.31. The maximum atomic E-state index is 12.2. The van der Waals surface area contributed by atoms with Crippen LogP contribution in [0.2, 0.25) is 10.0 Å². The number of carbonyl (C=O) groups is 2. The van der Waals surface area contributed by atoms with Crippen LogP contribution >= 0.6 is 23.2 Å². The molecule has 0 saturated carbocycles. The van der Waals surface area contributed by atoms with Crippen molar-refractivity contribution in [1.82, 2.24) is 5.32 Å². The summed E-state index contributed by atoms with van der Waals surface area (Å²) in [6, 6.07) is 13.5. The Kier molecular flexibility index (Phi) is 7.88. The van der Waals surface area contributed by atoms with Crippen LogP contribution < -0.4 is 10.6 Å². The van der Waals surface area contributed by atoms with E-state index in [0.29, 0.717) is 29.4 Å². The van der Waals surface area contributed by atoms with Crippen LogP contribution in [0.4, 0.5) is 5.69 Å². The van der Waals surface area contributed by atoms with Crippen molar-refractivity contribution < 1.29 is 14.3 Å². The molecule has 1 amide bonds. The Morgan fingerprint density at radius 2 is 1.89 bits per heavy atom. The summed E-state index contributed by atoms with van der Waals surface area (Å²) in [5.41, 5.74) is 1.51. The molecule has 0 aliphatic rings. The van der Waals surface area contributed by atoms with Gasteiger partial charge in [-0.3, -0.25) is 4.79 Å². The number of amides is 1. The first-order valence-corrected chi connectivity index (χ1v) is 9.07. The van der Waals surface area contributed by atoms with Gasteiger partial charge in [0.1, 0.15) is 11.6 Å². The normalized spacial score (nSPS) is 10.7. The lowest BCUT2D eigenvalue weighted by molar-refractivity contribution is -0.112. The molecule has 2 N–H and O–H groups in total. The van der Waals surface area contributed by atoms with Crippen LogP contribution in [0.15, 0.2) is 54.2 Å². The number of nitriles is 1. The highest BCUT2D eigenvalue weighted by molar-refractivity contribution is 6.44. The first-order chi connectivity index (χ1) is 13.5. The molecule has 0 aromatic heterocycles. The van der Waals surface area contributed by atoms with E-state index >= 15 is 0 Å². The lowest BCUT2D eigenvalue weighted by atomic mass is 10.1. The predicted octanol–water partition coefficient (Wildman–Crippen LogP) is 4.31. The van der Waals surface area contributed by atoms with Gasteiger partial charge in [-0.2, -0.15) is 5.26 Å². The molecule has 2 aromatic carbocycles. The number of nitrogens with zero attached hydrogens (tertiary/aromatic N) is 1. The van der Waals surface area contributed by atoms with E-state index in [9.17, 15) is 14.9 Å². The number of hydrogen-bond acceptors (Lipinski definition) is 5. The van der Waals surface area contributed by atoms with E-state index in [1.165, 1.54) is 6.20 Å². The highest BCUT2D eigenvalue weighted by Crippen LogP contribution is 2.29. The summed E-state index contributed by atoms with van der Waals surface area (Å²) in [4.78, 5) is 23.9. The molecule has 2 aromatic rings. The SMILES string of the molecule is CCOC(=O)c1ccc(CN/C=C(/C#N)C(=O)Nc2cccc(Cl)c2Cl)cc1. The van der Waals surface area contributed by atoms with Crippen molar-refractivity contribution >= 4 is 40.8 Å². The predicted molar refractivity (Wildman–Crippen MR) is 108 cm³/mol. The Labute approximate surface area is 172 Å². The van der Waals surface area contributed by atoms with E-state index in [2.05, 4.69) is 10.6 Å². The lowest BCUT2D eigenvalue weighted by Gasteiger charge is -2.08. The quantitative estimate of drug-likeness (QED) is 0.397. The van der Waals surface area contributed by atoms with Gasteiger partial charge >= 0.3 is 5.97 Å². The Bertz CT molecular complexity index is 935. The van der Waals surface area contributed by atoms with E-state index in [-0.39, 0.29) is 16.6 Å². The van der Waals surface area contributed by atoms with Crippen LogP contribution in [0.3, 0.4) is 0 Å². The minimum absolute atomic E-state index is 0.126. The minimum Gasteiger partial charge on any atom is -0.462 e. The Morgan fingerprint density at radius 1 is 1.18 bits per heavy atom. The smallest absolute Gasteiger partial charge is 0.338 e. The molecule has 0 saturated heterocycles. The van der Waals surface area contributed by atoms with Crippen molar-refractivity contribution in [2.24, 2.45) is 0 Å². The van der Waals surface area contributed by atoms with Crippen molar-refractivity contribution in [3.63, 3.8) is 0 Å². The number of carbonyl (C=O) groups excluding carboxylic acids is 2. The molecule has 6 nitrogen and oxygen atoms in total. The number of hydrogen-bond donors (Lipinski definition) is 2. The highest BCUT2D eigenvalue weighted by Gasteiger charge is 2.12. The third-order valence-corrected chi connectivity index (χ3v) is 4.40. The Morgan fingerprint density at radius 3 is 2.54 bits per heavy atom. The van der Waals surface area contributed by atoms with E-state index in [1.807, 2.05) is 6.07 Å². The fourth-order valence-corrected chi connectivity index (χ4v) is 2.53. The van der Waals surface area contributed by atoms with Crippen LogP contribution in [-0.4, -0.2) is 18.5 Å². The zero-order valence-electron chi connectivity index (χ0n) is 15.0. The molecule has 8 heteroatoms. The number of halogens is 2. The fourth-order valence-electron chi connectivity index (χ4n) is 2.18. The fraction of sp³-hybridized carbons (Fsp3) is 0.150. The standard InChI is InChI=1S/C20H17Cl2N3O3/c1-2-28-20(27)14-8-6-13(7-9-14)11-24-12-15(10-23)19(26)25-17-5-3-4-16(21)18(17)22/h3-9,12,24H,2,11H2,1H3,(H,25,26)/b15-12-. The third kappa shape index (κ3) is 5.74. The zero-order chi connectivity index (χ0) is 20.5. The van der Waals surface area contributed by atoms with Gasteiger partial charge in [-0.25, -0.2) is 4.79 Å². The summed E-state index contributed by atoms with van der Waals surface area (Å²) >= 11 is 11.9. The topological polar surface area (TPSA) is 91.2 Å². The van der Waals surface area contributed by atoms with Crippen LogP contribution in [0, 0.1) is 11.3 Å². The van der Waals surface area contributed by atoms with Crippen molar-refractivity contribution in [2.75, 3.05) is 11.9 Å². The average molecular weight is 418 g/mol. The number of esters is 1. The summed E-state index contributed by atoms with van der Waals surface area (Å²) < 4.78 is 4.92. The molecule has 0 unspecified atom stereocenters. The molecule has 0 spiro atoms. The van der Waals surface area contributed by atoms with Gasteiger partial charge in [-0.15, -0.1) is 0 Å². The number of benzene rings is 2. The van der Waals surface area contributed by atoms with E-state index in [4.69, 9.17) is 27.9 Å². The van der Waals surface area contributed by atoms with E-state index in [0.717, 1.165) is 5.56 Å². The van der Waals surface area contributed by atoms with Gasteiger partial charge in [0.05, 0.1) is 27.9 Å². The number of anilines is 1. The van der Waals surface area contributed by atoms with Crippen LogP contribution in [0.25, 0.3) is 0 Å². The Hall–Kier alpha value is -3.01. The minimum atomic E-state index is -0.614. The molecule has 0 bridgehead atoms. The van der Waals surface area contributed by atoms with Gasteiger partial charge in [-0.1, -0.05) is 41.4 Å².